The van der Waals surface area contributed by atoms with Crippen LogP contribution in [-0.2, 0) is 4.79 Å². The van der Waals surface area contributed by atoms with Crippen LogP contribution in [0.1, 0.15) is 44.6 Å². The maximum atomic E-state index is 13.3. The summed E-state index contributed by atoms with van der Waals surface area (Å²) in [6, 6.07) is 6.44. The summed E-state index contributed by atoms with van der Waals surface area (Å²) in [5, 5.41) is 0. The summed E-state index contributed by atoms with van der Waals surface area (Å²) >= 11 is 0. The van der Waals surface area contributed by atoms with Crippen LogP contribution in [0.2, 0.25) is 0 Å². The van der Waals surface area contributed by atoms with E-state index in [0.717, 1.165) is 29.8 Å². The van der Waals surface area contributed by atoms with Crippen LogP contribution in [0.25, 0.3) is 0 Å². The lowest BCUT2D eigenvalue weighted by Gasteiger charge is -2.45. The van der Waals surface area contributed by atoms with Gasteiger partial charge in [0, 0.05) is 12.0 Å². The summed E-state index contributed by atoms with van der Waals surface area (Å²) < 4.78 is 5.96. The Morgan fingerprint density at radius 2 is 1.96 bits per heavy atom. The van der Waals surface area contributed by atoms with Gasteiger partial charge in [0.15, 0.2) is 0 Å². The van der Waals surface area contributed by atoms with E-state index in [1.54, 1.807) is 0 Å². The van der Waals surface area contributed by atoms with Crippen molar-refractivity contribution in [2.75, 3.05) is 11.4 Å². The third-order valence-corrected chi connectivity index (χ3v) is 6.20. The van der Waals surface area contributed by atoms with Crippen molar-refractivity contribution in [3.8, 4) is 5.75 Å². The van der Waals surface area contributed by atoms with Gasteiger partial charge in [0.05, 0.1) is 12.2 Å². The number of anilines is 1. The number of aryl methyl sites for hydroxylation is 1. The number of hydrogen-bond donors (Lipinski definition) is 1. The van der Waals surface area contributed by atoms with Crippen LogP contribution < -0.4 is 15.4 Å². The Morgan fingerprint density at radius 3 is 2.67 bits per heavy atom. The molecule has 0 spiro atoms. The van der Waals surface area contributed by atoms with Crippen LogP contribution in [0.5, 0.6) is 5.75 Å². The molecule has 4 nitrogen and oxygen atoms in total. The molecule has 3 atom stereocenters. The third kappa shape index (κ3) is 2.71. The van der Waals surface area contributed by atoms with Gasteiger partial charge in [-0.3, -0.25) is 4.79 Å². The Kier molecular flexibility index (Phi) is 4.03. The van der Waals surface area contributed by atoms with Gasteiger partial charge in [0.25, 0.3) is 0 Å². The Labute approximate surface area is 144 Å². The predicted molar refractivity (Wildman–Crippen MR) is 95.2 cm³/mol. The predicted octanol–water partition coefficient (Wildman–Crippen LogP) is 3.26. The largest absolute Gasteiger partial charge is 0.487 e. The van der Waals surface area contributed by atoms with Crippen LogP contribution >= 0.6 is 0 Å². The van der Waals surface area contributed by atoms with Crippen LogP contribution in [0.4, 0.5) is 5.69 Å². The Morgan fingerprint density at radius 1 is 1.25 bits per heavy atom. The number of carbonyl (C=O) groups is 1. The first-order valence-corrected chi connectivity index (χ1v) is 9.37. The molecule has 1 aromatic carbocycles. The fourth-order valence-corrected chi connectivity index (χ4v) is 4.97. The molecule has 1 aromatic rings. The van der Waals surface area contributed by atoms with Gasteiger partial charge < -0.3 is 15.4 Å². The minimum atomic E-state index is 0.0357. The second-order valence-corrected chi connectivity index (χ2v) is 8.05. The molecule has 0 aromatic heterocycles. The van der Waals surface area contributed by atoms with E-state index >= 15 is 0 Å². The molecule has 3 unspecified atom stereocenters. The summed E-state index contributed by atoms with van der Waals surface area (Å²) in [5.74, 6) is 2.30. The molecule has 24 heavy (non-hydrogen) atoms. The molecule has 1 amide bonds. The van der Waals surface area contributed by atoms with Gasteiger partial charge >= 0.3 is 0 Å². The Bertz CT molecular complexity index is 631. The van der Waals surface area contributed by atoms with Gasteiger partial charge in [-0.05, 0) is 69.1 Å². The monoisotopic (exact) mass is 328 g/mol. The number of amides is 1. The van der Waals surface area contributed by atoms with Crippen LogP contribution in [0.15, 0.2) is 18.2 Å². The van der Waals surface area contributed by atoms with E-state index in [0.29, 0.717) is 24.4 Å². The topological polar surface area (TPSA) is 55.6 Å². The molecule has 4 rings (SSSR count). The van der Waals surface area contributed by atoms with Crippen molar-refractivity contribution in [2.45, 2.75) is 58.1 Å². The molecular weight excluding hydrogens is 300 g/mol. The lowest BCUT2D eigenvalue weighted by atomic mass is 9.65. The number of nitrogens with two attached hydrogens (primary N) is 1. The summed E-state index contributed by atoms with van der Waals surface area (Å²) in [6.45, 7) is 4.74. The Hall–Kier alpha value is -1.55. The minimum Gasteiger partial charge on any atom is -0.487 e. The molecule has 1 aliphatic heterocycles. The average molecular weight is 328 g/mol. The quantitative estimate of drug-likeness (QED) is 0.861. The van der Waals surface area contributed by atoms with Gasteiger partial charge in [-0.15, -0.1) is 0 Å². The molecule has 3 aliphatic rings. The molecule has 0 saturated heterocycles. The van der Waals surface area contributed by atoms with Crippen LogP contribution in [0, 0.1) is 24.7 Å². The molecule has 130 valence electrons. The lowest BCUT2D eigenvalue weighted by molar-refractivity contribution is -0.125. The highest BCUT2D eigenvalue weighted by atomic mass is 16.5. The fourth-order valence-electron chi connectivity index (χ4n) is 4.97. The second-order valence-electron chi connectivity index (χ2n) is 8.05. The van der Waals surface area contributed by atoms with Crippen LogP contribution in [0.3, 0.4) is 0 Å². The van der Waals surface area contributed by atoms with Crippen molar-refractivity contribution in [3.63, 3.8) is 0 Å². The standard InChI is InChI=1S/C20H28N2O2/c1-12-6-7-17-18(8-12)24-13(2)11-22(17)20(23)16-9-14-4-3-5-15(10-16)19(14)21/h6-8,13-16,19H,3-5,9-11,21H2,1-2H3. The van der Waals surface area contributed by atoms with Gasteiger partial charge in [-0.1, -0.05) is 12.5 Å². The number of hydrogen-bond acceptors (Lipinski definition) is 3. The molecule has 2 aliphatic carbocycles. The zero-order valence-electron chi connectivity index (χ0n) is 14.7. The van der Waals surface area contributed by atoms with Gasteiger partial charge in [0.2, 0.25) is 5.91 Å². The lowest BCUT2D eigenvalue weighted by Crippen LogP contribution is -2.51. The van der Waals surface area contributed by atoms with Crippen molar-refractivity contribution < 1.29 is 9.53 Å². The molecule has 4 heteroatoms. The highest BCUT2D eigenvalue weighted by Crippen LogP contribution is 2.44. The molecule has 0 radical (unpaired) electrons. The van der Waals surface area contributed by atoms with Crippen molar-refractivity contribution in [1.29, 1.82) is 0 Å². The highest BCUT2D eigenvalue weighted by molar-refractivity contribution is 5.97. The van der Waals surface area contributed by atoms with Gasteiger partial charge in [-0.25, -0.2) is 0 Å². The van der Waals surface area contributed by atoms with Crippen molar-refractivity contribution >= 4 is 11.6 Å². The molecule has 2 fully saturated rings. The number of rotatable bonds is 1. The SMILES string of the molecule is Cc1ccc2c(c1)OC(C)CN2C(=O)C1CC2CCCC(C1)C2N. The number of fused-ring (bicyclic) bond motifs is 3. The summed E-state index contributed by atoms with van der Waals surface area (Å²) in [7, 11) is 0. The van der Waals surface area contributed by atoms with E-state index in [4.69, 9.17) is 10.5 Å². The maximum Gasteiger partial charge on any atom is 0.230 e. The number of benzene rings is 1. The first kappa shape index (κ1) is 15.9. The van der Waals surface area contributed by atoms with Crippen molar-refractivity contribution in [3.05, 3.63) is 23.8 Å². The van der Waals surface area contributed by atoms with E-state index in [2.05, 4.69) is 13.0 Å². The zero-order valence-corrected chi connectivity index (χ0v) is 14.7. The zero-order chi connectivity index (χ0) is 16.8. The molecular formula is C20H28N2O2. The van der Waals surface area contributed by atoms with Crippen LogP contribution in [-0.4, -0.2) is 24.6 Å². The van der Waals surface area contributed by atoms with Gasteiger partial charge in [0.1, 0.15) is 11.9 Å². The normalized spacial score (nSPS) is 35.1. The van der Waals surface area contributed by atoms with E-state index < -0.39 is 0 Å². The molecule has 2 saturated carbocycles. The van der Waals surface area contributed by atoms with E-state index in [1.807, 2.05) is 24.0 Å². The smallest absolute Gasteiger partial charge is 0.230 e. The minimum absolute atomic E-state index is 0.0357. The summed E-state index contributed by atoms with van der Waals surface area (Å²) in [5.41, 5.74) is 8.49. The van der Waals surface area contributed by atoms with E-state index in [1.165, 1.54) is 19.3 Å². The summed E-state index contributed by atoms with van der Waals surface area (Å²) in [4.78, 5) is 15.3. The molecule has 1 heterocycles. The average Bonchev–Trinajstić information content (AvgIpc) is 2.52. The first-order valence-electron chi connectivity index (χ1n) is 9.37. The number of ether oxygens (including phenoxy) is 1. The molecule has 2 bridgehead atoms. The number of nitrogens with zero attached hydrogens (tertiary/aromatic N) is 1. The van der Waals surface area contributed by atoms with Gasteiger partial charge in [-0.2, -0.15) is 0 Å². The summed E-state index contributed by atoms with van der Waals surface area (Å²) in [6.07, 6.45) is 5.62. The van der Waals surface area contributed by atoms with E-state index in [-0.39, 0.29) is 17.9 Å². The van der Waals surface area contributed by atoms with E-state index in [9.17, 15) is 4.79 Å². The fraction of sp³-hybridized carbons (Fsp3) is 0.650. The van der Waals surface area contributed by atoms with Crippen molar-refractivity contribution in [1.82, 2.24) is 0 Å². The second kappa shape index (κ2) is 6.07. The molecule has 2 N–H and O–H groups in total. The number of carbonyl (C=O) groups excluding carboxylic acids is 1. The Balaban J connectivity index is 1.59. The maximum absolute atomic E-state index is 13.3. The van der Waals surface area contributed by atoms with Crippen molar-refractivity contribution in [2.24, 2.45) is 23.5 Å². The third-order valence-electron chi connectivity index (χ3n) is 6.20. The highest BCUT2D eigenvalue weighted by Gasteiger charge is 2.42. The first-order chi connectivity index (χ1) is 11.5.